The van der Waals surface area contributed by atoms with Crippen molar-refractivity contribution in [3.63, 3.8) is 0 Å². The lowest BCUT2D eigenvalue weighted by molar-refractivity contribution is -0.139. The van der Waals surface area contributed by atoms with Crippen LogP contribution < -0.4 is 0 Å². The Bertz CT molecular complexity index is 618. The molecule has 24 heavy (non-hydrogen) atoms. The van der Waals surface area contributed by atoms with Crippen LogP contribution in [-0.2, 0) is 15.0 Å². The van der Waals surface area contributed by atoms with Gasteiger partial charge < -0.3 is 0 Å². The van der Waals surface area contributed by atoms with Crippen LogP contribution in [0.2, 0.25) is 25.7 Å². The predicted octanol–water partition coefficient (Wildman–Crippen LogP) is 4.38. The van der Waals surface area contributed by atoms with E-state index in [4.69, 9.17) is 0 Å². The van der Waals surface area contributed by atoms with Gasteiger partial charge in [0.05, 0.1) is 5.41 Å². The molecule has 0 radical (unpaired) electrons. The number of benzene rings is 1. The van der Waals surface area contributed by atoms with E-state index in [2.05, 4.69) is 31.8 Å². The van der Waals surface area contributed by atoms with Crippen molar-refractivity contribution < 1.29 is 9.59 Å². The topological polar surface area (TPSA) is 37.4 Å². The molecule has 2 amide bonds. The highest BCUT2D eigenvalue weighted by Crippen LogP contribution is 2.36. The molecule has 0 spiro atoms. The number of hydrogen-bond acceptors (Lipinski definition) is 2. The maximum Gasteiger partial charge on any atom is 0.240 e. The Balaban J connectivity index is 1.91. The van der Waals surface area contributed by atoms with Crippen molar-refractivity contribution in [2.45, 2.75) is 57.3 Å². The molecule has 0 bridgehead atoms. The minimum Gasteiger partial charge on any atom is -0.282 e. The number of rotatable bonds is 7. The largest absolute Gasteiger partial charge is 0.282 e. The van der Waals surface area contributed by atoms with Gasteiger partial charge in [0.25, 0.3) is 0 Å². The molecule has 0 aromatic heterocycles. The Morgan fingerprint density at radius 3 is 2.42 bits per heavy atom. The van der Waals surface area contributed by atoms with Crippen molar-refractivity contribution in [3.8, 4) is 0 Å². The lowest BCUT2D eigenvalue weighted by Gasteiger charge is -2.22. The maximum absolute atomic E-state index is 12.8. The van der Waals surface area contributed by atoms with Crippen LogP contribution in [0.1, 0.15) is 31.7 Å². The van der Waals surface area contributed by atoms with Crippen LogP contribution in [0.3, 0.4) is 0 Å². The molecule has 1 aliphatic rings. The summed E-state index contributed by atoms with van der Waals surface area (Å²) in [5.74, 6) is -0.0952. The Kier molecular flexibility index (Phi) is 5.81. The molecule has 4 heteroatoms. The minimum absolute atomic E-state index is 0.0440. The first-order valence-electron chi connectivity index (χ1n) is 8.79. The van der Waals surface area contributed by atoms with E-state index in [1.807, 2.05) is 37.3 Å². The van der Waals surface area contributed by atoms with Crippen molar-refractivity contribution >= 4 is 19.9 Å². The van der Waals surface area contributed by atoms with Gasteiger partial charge in [0.1, 0.15) is 0 Å². The van der Waals surface area contributed by atoms with Gasteiger partial charge >= 0.3 is 0 Å². The van der Waals surface area contributed by atoms with Gasteiger partial charge in [0, 0.05) is 21.0 Å². The summed E-state index contributed by atoms with van der Waals surface area (Å²) in [6.07, 6.45) is 6.49. The number of nitrogens with zero attached hydrogens (tertiary/aromatic N) is 1. The van der Waals surface area contributed by atoms with Gasteiger partial charge in [-0.25, -0.2) is 0 Å². The summed E-state index contributed by atoms with van der Waals surface area (Å²) in [5, 5.41) is 0. The van der Waals surface area contributed by atoms with E-state index in [0.29, 0.717) is 6.54 Å². The SMILES string of the molecule is CC1(c2ccccc2)CC(=O)N(CCC/C=C\C[Si](C)(C)C)C1=O. The molecule has 1 aromatic rings. The zero-order valence-electron chi connectivity index (χ0n) is 15.3. The summed E-state index contributed by atoms with van der Waals surface area (Å²) in [6, 6.07) is 10.8. The van der Waals surface area contributed by atoms with Crippen LogP contribution in [0.25, 0.3) is 0 Å². The second kappa shape index (κ2) is 7.47. The van der Waals surface area contributed by atoms with Gasteiger partial charge in [-0.1, -0.05) is 62.1 Å². The summed E-state index contributed by atoms with van der Waals surface area (Å²) in [7, 11) is -1.03. The molecule has 0 aliphatic carbocycles. The monoisotopic (exact) mass is 343 g/mol. The Labute approximate surface area is 146 Å². The molecule has 0 saturated carbocycles. The Hall–Kier alpha value is -1.68. The highest BCUT2D eigenvalue weighted by Gasteiger charge is 2.48. The van der Waals surface area contributed by atoms with Crippen molar-refractivity contribution in [1.82, 2.24) is 4.90 Å². The molecule has 1 unspecified atom stereocenters. The molecular formula is C20H29NO2Si. The van der Waals surface area contributed by atoms with Gasteiger partial charge in [-0.2, -0.15) is 0 Å². The summed E-state index contributed by atoms with van der Waals surface area (Å²) in [6.45, 7) is 9.46. The first kappa shape index (κ1) is 18.7. The maximum atomic E-state index is 12.8. The third-order valence-corrected chi connectivity index (χ3v) is 6.04. The van der Waals surface area contributed by atoms with Crippen LogP contribution in [0.4, 0.5) is 0 Å². The fourth-order valence-electron chi connectivity index (χ4n) is 3.06. The third-order valence-electron chi connectivity index (χ3n) is 4.58. The van der Waals surface area contributed by atoms with Gasteiger partial charge in [-0.05, 0) is 31.4 Å². The lowest BCUT2D eigenvalue weighted by atomic mass is 9.81. The molecule has 0 N–H and O–H groups in total. The Morgan fingerprint density at radius 1 is 1.12 bits per heavy atom. The number of likely N-dealkylation sites (tertiary alicyclic amines) is 1. The third kappa shape index (κ3) is 4.44. The first-order valence-corrected chi connectivity index (χ1v) is 12.5. The van der Waals surface area contributed by atoms with E-state index in [-0.39, 0.29) is 18.2 Å². The highest BCUT2D eigenvalue weighted by atomic mass is 28.3. The molecule has 1 atom stereocenters. The smallest absolute Gasteiger partial charge is 0.240 e. The number of carbonyl (C=O) groups excluding carboxylic acids is 2. The number of unbranched alkanes of at least 4 members (excludes halogenated alkanes) is 1. The van der Waals surface area contributed by atoms with Crippen LogP contribution in [-0.4, -0.2) is 31.3 Å². The second-order valence-electron chi connectivity index (χ2n) is 8.10. The highest BCUT2D eigenvalue weighted by molar-refractivity contribution is 6.76. The van der Waals surface area contributed by atoms with Gasteiger partial charge in [0.2, 0.25) is 11.8 Å². The van der Waals surface area contributed by atoms with Gasteiger partial charge in [0.15, 0.2) is 0 Å². The van der Waals surface area contributed by atoms with Crippen LogP contribution in [0, 0.1) is 0 Å². The normalized spacial score (nSPS) is 21.9. The summed E-state index contributed by atoms with van der Waals surface area (Å²) < 4.78 is 0. The number of allylic oxidation sites excluding steroid dienone is 2. The quantitative estimate of drug-likeness (QED) is 0.319. The fourth-order valence-corrected chi connectivity index (χ4v) is 3.94. The molecule has 130 valence electrons. The molecule has 1 saturated heterocycles. The van der Waals surface area contributed by atoms with Gasteiger partial charge in [-0.3, -0.25) is 14.5 Å². The molecule has 1 aliphatic heterocycles. The zero-order valence-corrected chi connectivity index (χ0v) is 16.3. The second-order valence-corrected chi connectivity index (χ2v) is 13.6. The summed E-state index contributed by atoms with van der Waals surface area (Å²) in [4.78, 5) is 26.6. The average molecular weight is 344 g/mol. The zero-order chi connectivity index (χ0) is 17.8. The molecule has 1 heterocycles. The van der Waals surface area contributed by atoms with Crippen LogP contribution in [0.15, 0.2) is 42.5 Å². The summed E-state index contributed by atoms with van der Waals surface area (Å²) >= 11 is 0. The number of amides is 2. The predicted molar refractivity (Wildman–Crippen MR) is 102 cm³/mol. The standard InChI is InChI=1S/C20H29NO2Si/c1-20(17-12-8-7-9-13-17)16-18(22)21(19(20)23)14-10-5-6-11-15-24(2,3)4/h6-9,11-13H,5,10,14-16H2,1-4H3/b11-6-. The van der Waals surface area contributed by atoms with Crippen LogP contribution in [0.5, 0.6) is 0 Å². The first-order chi connectivity index (χ1) is 11.2. The van der Waals surface area contributed by atoms with E-state index in [1.165, 1.54) is 10.9 Å². The van der Waals surface area contributed by atoms with E-state index < -0.39 is 13.5 Å². The van der Waals surface area contributed by atoms with E-state index in [1.54, 1.807) is 0 Å². The van der Waals surface area contributed by atoms with Crippen molar-refractivity contribution in [3.05, 3.63) is 48.0 Å². The van der Waals surface area contributed by atoms with Crippen molar-refractivity contribution in [2.24, 2.45) is 0 Å². The average Bonchev–Trinajstić information content (AvgIpc) is 2.74. The van der Waals surface area contributed by atoms with E-state index in [9.17, 15) is 9.59 Å². The van der Waals surface area contributed by atoms with Crippen molar-refractivity contribution in [1.29, 1.82) is 0 Å². The molecule has 2 rings (SSSR count). The van der Waals surface area contributed by atoms with Crippen molar-refractivity contribution in [2.75, 3.05) is 6.54 Å². The van der Waals surface area contributed by atoms with E-state index >= 15 is 0 Å². The molecule has 1 fully saturated rings. The number of imide groups is 1. The molecular weight excluding hydrogens is 314 g/mol. The minimum atomic E-state index is -1.03. The molecule has 3 nitrogen and oxygen atoms in total. The van der Waals surface area contributed by atoms with Gasteiger partial charge in [-0.15, -0.1) is 0 Å². The summed E-state index contributed by atoms with van der Waals surface area (Å²) in [5.41, 5.74) is 0.229. The number of hydrogen-bond donors (Lipinski definition) is 0. The Morgan fingerprint density at radius 2 is 1.79 bits per heavy atom. The van der Waals surface area contributed by atoms with E-state index in [0.717, 1.165) is 18.4 Å². The van der Waals surface area contributed by atoms with Crippen LogP contribution >= 0.6 is 0 Å². The molecule has 1 aromatic carbocycles. The number of carbonyl (C=O) groups is 2. The lowest BCUT2D eigenvalue weighted by Crippen LogP contribution is -2.37. The fraction of sp³-hybridized carbons (Fsp3) is 0.500.